The fraction of sp³-hybridized carbons (Fsp3) is 0.562. The molecule has 2 N–H and O–H groups in total. The number of aryl methyl sites for hydroxylation is 1. The summed E-state index contributed by atoms with van der Waals surface area (Å²) >= 11 is 0. The van der Waals surface area contributed by atoms with Gasteiger partial charge in [-0.3, -0.25) is 4.79 Å². The highest BCUT2D eigenvalue weighted by Crippen LogP contribution is 2.30. The summed E-state index contributed by atoms with van der Waals surface area (Å²) in [6.07, 6.45) is 3.59. The number of sulfonamides is 1. The van der Waals surface area contributed by atoms with Crippen LogP contribution in [0.3, 0.4) is 0 Å². The summed E-state index contributed by atoms with van der Waals surface area (Å²) in [5.41, 5.74) is 1.76. The summed E-state index contributed by atoms with van der Waals surface area (Å²) < 4.78 is 28.0. The fourth-order valence-electron chi connectivity index (χ4n) is 3.29. The highest BCUT2D eigenvalue weighted by molar-refractivity contribution is 7.89. The molecule has 23 heavy (non-hydrogen) atoms. The number of benzene rings is 1. The number of rotatable bonds is 3. The van der Waals surface area contributed by atoms with Crippen molar-refractivity contribution in [2.75, 3.05) is 24.5 Å². The largest absolute Gasteiger partial charge is 0.315 e. The van der Waals surface area contributed by atoms with Crippen molar-refractivity contribution in [2.24, 2.45) is 0 Å². The number of fused-ring (bicyclic) bond motifs is 1. The fourth-order valence-corrected chi connectivity index (χ4v) is 4.58. The van der Waals surface area contributed by atoms with Gasteiger partial charge < -0.3 is 10.2 Å². The molecule has 2 aliphatic heterocycles. The van der Waals surface area contributed by atoms with E-state index < -0.39 is 10.0 Å². The lowest BCUT2D eigenvalue weighted by Gasteiger charge is -2.29. The van der Waals surface area contributed by atoms with Crippen molar-refractivity contribution >= 4 is 21.6 Å². The van der Waals surface area contributed by atoms with E-state index in [0.717, 1.165) is 43.5 Å². The number of nitrogens with zero attached hydrogens (tertiary/aromatic N) is 1. The number of carbonyl (C=O) groups excluding carboxylic acids is 1. The van der Waals surface area contributed by atoms with Crippen LogP contribution in [0.1, 0.15) is 31.7 Å². The van der Waals surface area contributed by atoms with E-state index in [1.165, 1.54) is 6.92 Å². The second-order valence-corrected chi connectivity index (χ2v) is 7.94. The molecule has 1 saturated heterocycles. The van der Waals surface area contributed by atoms with Gasteiger partial charge in [0.05, 0.1) is 4.90 Å². The number of hydrogen-bond acceptors (Lipinski definition) is 4. The van der Waals surface area contributed by atoms with Gasteiger partial charge in [-0.25, -0.2) is 13.1 Å². The quantitative estimate of drug-likeness (QED) is 0.863. The normalized spacial score (nSPS) is 21.8. The summed E-state index contributed by atoms with van der Waals surface area (Å²) in [6.45, 7) is 3.75. The Morgan fingerprint density at radius 3 is 2.87 bits per heavy atom. The average Bonchev–Trinajstić information content (AvgIpc) is 2.54. The highest BCUT2D eigenvalue weighted by atomic mass is 32.2. The zero-order valence-electron chi connectivity index (χ0n) is 13.3. The molecule has 0 spiro atoms. The zero-order valence-corrected chi connectivity index (χ0v) is 14.2. The van der Waals surface area contributed by atoms with Crippen LogP contribution in [0.5, 0.6) is 0 Å². The summed E-state index contributed by atoms with van der Waals surface area (Å²) in [6, 6.07) is 5.03. The van der Waals surface area contributed by atoms with Crippen LogP contribution >= 0.6 is 0 Å². The van der Waals surface area contributed by atoms with E-state index in [1.807, 2.05) is 6.07 Å². The second-order valence-electron chi connectivity index (χ2n) is 6.23. The molecule has 0 aromatic heterocycles. The van der Waals surface area contributed by atoms with Gasteiger partial charge in [-0.2, -0.15) is 0 Å². The molecule has 1 unspecified atom stereocenters. The number of anilines is 1. The first-order chi connectivity index (χ1) is 11.0. The third-order valence-electron chi connectivity index (χ3n) is 4.48. The first-order valence-electron chi connectivity index (χ1n) is 8.11. The van der Waals surface area contributed by atoms with E-state index in [2.05, 4.69) is 10.0 Å². The Morgan fingerprint density at radius 2 is 2.17 bits per heavy atom. The minimum Gasteiger partial charge on any atom is -0.315 e. The Labute approximate surface area is 137 Å². The van der Waals surface area contributed by atoms with Gasteiger partial charge in [0.15, 0.2) is 0 Å². The standard InChI is InChI=1S/C16H23N3O3S/c1-12(20)19-9-3-4-13-6-7-15(10-16(13)19)23(21,22)18-14-5-2-8-17-11-14/h6-7,10,14,17-18H,2-5,8-9,11H2,1H3. The van der Waals surface area contributed by atoms with Crippen LogP contribution in [0.25, 0.3) is 0 Å². The molecule has 2 heterocycles. The van der Waals surface area contributed by atoms with Gasteiger partial charge in [0.1, 0.15) is 0 Å². The lowest BCUT2D eigenvalue weighted by Crippen LogP contribution is -2.45. The van der Waals surface area contributed by atoms with Crippen LogP contribution in [0.4, 0.5) is 5.69 Å². The van der Waals surface area contributed by atoms with Crippen molar-refractivity contribution in [2.45, 2.75) is 43.5 Å². The van der Waals surface area contributed by atoms with Gasteiger partial charge >= 0.3 is 0 Å². The molecule has 1 amide bonds. The predicted octanol–water partition coefficient (Wildman–Crippen LogP) is 1.02. The molecule has 0 saturated carbocycles. The molecule has 7 heteroatoms. The van der Waals surface area contributed by atoms with Crippen LogP contribution in [0, 0.1) is 0 Å². The Bertz CT molecular complexity index is 697. The monoisotopic (exact) mass is 337 g/mol. The molecule has 0 bridgehead atoms. The van der Waals surface area contributed by atoms with Crippen LogP contribution < -0.4 is 14.9 Å². The minimum absolute atomic E-state index is 0.0510. The van der Waals surface area contributed by atoms with Gasteiger partial charge in [0.25, 0.3) is 0 Å². The maximum Gasteiger partial charge on any atom is 0.240 e. The number of piperidine rings is 1. The molecule has 6 nitrogen and oxygen atoms in total. The highest BCUT2D eigenvalue weighted by Gasteiger charge is 2.25. The van der Waals surface area contributed by atoms with Crippen molar-refractivity contribution in [1.29, 1.82) is 0 Å². The Hall–Kier alpha value is -1.44. The maximum atomic E-state index is 12.6. The molecule has 2 aliphatic rings. The summed E-state index contributed by atoms with van der Waals surface area (Å²) in [5.74, 6) is -0.0510. The van der Waals surface area contributed by atoms with Crippen molar-refractivity contribution in [3.05, 3.63) is 23.8 Å². The maximum absolute atomic E-state index is 12.6. The Kier molecular flexibility index (Phi) is 4.70. The molecule has 1 aromatic carbocycles. The molecule has 0 radical (unpaired) electrons. The predicted molar refractivity (Wildman–Crippen MR) is 89.0 cm³/mol. The molecule has 1 fully saturated rings. The lowest BCUT2D eigenvalue weighted by atomic mass is 10.0. The number of hydrogen-bond donors (Lipinski definition) is 2. The Balaban J connectivity index is 1.87. The van der Waals surface area contributed by atoms with E-state index in [-0.39, 0.29) is 16.8 Å². The van der Waals surface area contributed by atoms with Gasteiger partial charge in [-0.15, -0.1) is 0 Å². The lowest BCUT2D eigenvalue weighted by molar-refractivity contribution is -0.116. The van der Waals surface area contributed by atoms with E-state index in [9.17, 15) is 13.2 Å². The number of nitrogens with one attached hydrogen (secondary N) is 2. The van der Waals surface area contributed by atoms with E-state index in [4.69, 9.17) is 0 Å². The third kappa shape index (κ3) is 3.57. The van der Waals surface area contributed by atoms with Crippen LogP contribution in [0.15, 0.2) is 23.1 Å². The van der Waals surface area contributed by atoms with Gasteiger partial charge in [-0.1, -0.05) is 6.07 Å². The van der Waals surface area contributed by atoms with Crippen molar-refractivity contribution in [1.82, 2.24) is 10.0 Å². The van der Waals surface area contributed by atoms with Gasteiger partial charge in [0, 0.05) is 31.7 Å². The van der Waals surface area contributed by atoms with Crippen LogP contribution in [-0.2, 0) is 21.2 Å². The minimum atomic E-state index is -3.57. The first-order valence-corrected chi connectivity index (χ1v) is 9.60. The number of amides is 1. The molecule has 126 valence electrons. The average molecular weight is 337 g/mol. The Morgan fingerprint density at radius 1 is 1.35 bits per heavy atom. The van der Waals surface area contributed by atoms with Crippen molar-refractivity contribution in [3.8, 4) is 0 Å². The smallest absolute Gasteiger partial charge is 0.240 e. The SMILES string of the molecule is CC(=O)N1CCCc2ccc(S(=O)(=O)NC3CCCNC3)cc21. The van der Waals surface area contributed by atoms with Gasteiger partial charge in [-0.05, 0) is 49.9 Å². The first kappa shape index (κ1) is 16.4. The van der Waals surface area contributed by atoms with E-state index in [1.54, 1.807) is 17.0 Å². The topological polar surface area (TPSA) is 78.5 Å². The van der Waals surface area contributed by atoms with E-state index in [0.29, 0.717) is 13.1 Å². The summed E-state index contributed by atoms with van der Waals surface area (Å²) in [7, 11) is -3.57. The molecule has 1 aromatic rings. The van der Waals surface area contributed by atoms with Gasteiger partial charge in [0.2, 0.25) is 15.9 Å². The summed E-state index contributed by atoms with van der Waals surface area (Å²) in [4.78, 5) is 13.7. The number of carbonyl (C=O) groups is 1. The molecule has 0 aliphatic carbocycles. The van der Waals surface area contributed by atoms with E-state index >= 15 is 0 Å². The van der Waals surface area contributed by atoms with Crippen molar-refractivity contribution < 1.29 is 13.2 Å². The third-order valence-corrected chi connectivity index (χ3v) is 6.00. The molecular weight excluding hydrogens is 314 g/mol. The molecule has 3 rings (SSSR count). The molecule has 1 atom stereocenters. The summed E-state index contributed by atoms with van der Waals surface area (Å²) in [5, 5.41) is 3.20. The van der Waals surface area contributed by atoms with Crippen molar-refractivity contribution in [3.63, 3.8) is 0 Å². The van der Waals surface area contributed by atoms with Crippen LogP contribution in [-0.4, -0.2) is 40.0 Å². The molecular formula is C16H23N3O3S. The van der Waals surface area contributed by atoms with Crippen LogP contribution in [0.2, 0.25) is 0 Å². The zero-order chi connectivity index (χ0) is 16.4. The second kappa shape index (κ2) is 6.59.